The molecule has 0 spiro atoms. The number of benzene rings is 1. The third-order valence-corrected chi connectivity index (χ3v) is 4.60. The van der Waals surface area contributed by atoms with Gasteiger partial charge in [0.25, 0.3) is 0 Å². The molecule has 1 aromatic heterocycles. The monoisotopic (exact) mass is 358 g/mol. The number of imide groups is 1. The van der Waals surface area contributed by atoms with Gasteiger partial charge in [-0.2, -0.15) is 0 Å². The summed E-state index contributed by atoms with van der Waals surface area (Å²) in [5.41, 5.74) is 0.507. The molecule has 0 unspecified atom stereocenters. The quantitative estimate of drug-likeness (QED) is 0.647. The summed E-state index contributed by atoms with van der Waals surface area (Å²) in [7, 11) is 0. The molecule has 1 aliphatic rings. The van der Waals surface area contributed by atoms with E-state index in [0.29, 0.717) is 5.92 Å². The number of rotatable bonds is 4. The molecule has 3 amide bonds. The summed E-state index contributed by atoms with van der Waals surface area (Å²) in [5, 5.41) is 6.78. The zero-order valence-corrected chi connectivity index (χ0v) is 15.4. The van der Waals surface area contributed by atoms with E-state index < -0.39 is 6.03 Å². The van der Waals surface area contributed by atoms with E-state index in [1.165, 1.54) is 11.8 Å². The van der Waals surface area contributed by atoms with Gasteiger partial charge >= 0.3 is 6.03 Å². The van der Waals surface area contributed by atoms with Crippen LogP contribution in [0.25, 0.3) is 10.9 Å². The molecule has 3 rings (SSSR count). The van der Waals surface area contributed by atoms with Crippen LogP contribution in [0.3, 0.4) is 0 Å². The van der Waals surface area contributed by atoms with Crippen molar-refractivity contribution in [3.05, 3.63) is 30.1 Å². The highest BCUT2D eigenvalue weighted by Crippen LogP contribution is 2.39. The van der Waals surface area contributed by atoms with E-state index in [4.69, 9.17) is 0 Å². The minimum Gasteiger partial charge on any atom is -0.333 e. The minimum atomic E-state index is -0.482. The lowest BCUT2D eigenvalue weighted by atomic mass is 10.1. The maximum atomic E-state index is 12.0. The second-order valence-electron chi connectivity index (χ2n) is 7.22. The number of para-hydroxylation sites is 1. The largest absolute Gasteiger partial charge is 0.333 e. The van der Waals surface area contributed by atoms with E-state index >= 15 is 0 Å². The van der Waals surface area contributed by atoms with Gasteiger partial charge in [-0.1, -0.05) is 30.0 Å². The lowest BCUT2D eigenvalue weighted by Crippen LogP contribution is -2.48. The van der Waals surface area contributed by atoms with Crippen molar-refractivity contribution < 1.29 is 9.59 Å². The van der Waals surface area contributed by atoms with Crippen molar-refractivity contribution in [2.24, 2.45) is 0 Å². The number of carbonyl (C=O) groups is 2. The Hall–Kier alpha value is -2.15. The van der Waals surface area contributed by atoms with Crippen LogP contribution in [0.15, 0.2) is 29.3 Å². The molecule has 1 fully saturated rings. The zero-order valence-electron chi connectivity index (χ0n) is 14.6. The summed E-state index contributed by atoms with van der Waals surface area (Å²) < 4.78 is 0. The predicted octanol–water partition coefficient (Wildman–Crippen LogP) is 3.22. The molecule has 132 valence electrons. The van der Waals surface area contributed by atoms with E-state index in [2.05, 4.69) is 20.6 Å². The molecular formula is C18H22N4O2S. The van der Waals surface area contributed by atoms with Crippen LogP contribution in [-0.4, -0.2) is 33.2 Å². The Bertz CT molecular complexity index is 812. The van der Waals surface area contributed by atoms with Gasteiger partial charge in [0, 0.05) is 16.8 Å². The SMILES string of the molecule is CC(C)(C)NC(=O)NC(=O)CSc1nc(C2CC2)nc2ccccc12. The van der Waals surface area contributed by atoms with Gasteiger partial charge in [0.05, 0.1) is 11.3 Å². The molecule has 0 radical (unpaired) electrons. The van der Waals surface area contributed by atoms with Gasteiger partial charge < -0.3 is 5.32 Å². The van der Waals surface area contributed by atoms with Crippen LogP contribution in [0.4, 0.5) is 4.79 Å². The molecule has 0 saturated heterocycles. The van der Waals surface area contributed by atoms with Crippen LogP contribution in [0.5, 0.6) is 0 Å². The van der Waals surface area contributed by atoms with Crippen LogP contribution >= 0.6 is 11.8 Å². The number of carbonyl (C=O) groups excluding carboxylic acids is 2. The fraction of sp³-hybridized carbons (Fsp3) is 0.444. The molecule has 0 aliphatic heterocycles. The summed E-state index contributed by atoms with van der Waals surface area (Å²) >= 11 is 1.33. The molecule has 1 aliphatic carbocycles. The number of aromatic nitrogens is 2. The molecule has 7 heteroatoms. The maximum Gasteiger partial charge on any atom is 0.321 e. The number of nitrogens with zero attached hydrogens (tertiary/aromatic N) is 2. The third-order valence-electron chi connectivity index (χ3n) is 3.61. The van der Waals surface area contributed by atoms with E-state index in [9.17, 15) is 9.59 Å². The van der Waals surface area contributed by atoms with E-state index in [-0.39, 0.29) is 17.2 Å². The Labute approximate surface area is 151 Å². The maximum absolute atomic E-state index is 12.0. The van der Waals surface area contributed by atoms with Crippen molar-refractivity contribution in [1.82, 2.24) is 20.6 Å². The Morgan fingerprint density at radius 3 is 2.60 bits per heavy atom. The number of hydrogen-bond donors (Lipinski definition) is 2. The van der Waals surface area contributed by atoms with Crippen LogP contribution in [0.1, 0.15) is 45.4 Å². The molecule has 1 saturated carbocycles. The van der Waals surface area contributed by atoms with Crippen LogP contribution in [0, 0.1) is 0 Å². The second kappa shape index (κ2) is 7.00. The average molecular weight is 358 g/mol. The summed E-state index contributed by atoms with van der Waals surface area (Å²) in [6, 6.07) is 7.32. The number of urea groups is 1. The van der Waals surface area contributed by atoms with Gasteiger partial charge in [-0.3, -0.25) is 10.1 Å². The van der Waals surface area contributed by atoms with E-state index in [1.54, 1.807) is 0 Å². The Balaban J connectivity index is 1.68. The first-order chi connectivity index (χ1) is 11.8. The molecule has 1 aromatic carbocycles. The minimum absolute atomic E-state index is 0.128. The van der Waals surface area contributed by atoms with E-state index in [0.717, 1.165) is 34.6 Å². The van der Waals surface area contributed by atoms with Gasteiger partial charge in [0.1, 0.15) is 10.9 Å². The third kappa shape index (κ3) is 4.92. The van der Waals surface area contributed by atoms with Crippen LogP contribution < -0.4 is 10.6 Å². The topological polar surface area (TPSA) is 84.0 Å². The van der Waals surface area contributed by atoms with Crippen molar-refractivity contribution in [2.75, 3.05) is 5.75 Å². The first-order valence-electron chi connectivity index (χ1n) is 8.33. The molecule has 25 heavy (non-hydrogen) atoms. The van der Waals surface area contributed by atoms with Crippen molar-refractivity contribution in [3.63, 3.8) is 0 Å². The van der Waals surface area contributed by atoms with Gasteiger partial charge in [-0.15, -0.1) is 0 Å². The lowest BCUT2D eigenvalue weighted by Gasteiger charge is -2.20. The first kappa shape index (κ1) is 17.7. The Morgan fingerprint density at radius 2 is 1.92 bits per heavy atom. The van der Waals surface area contributed by atoms with E-state index in [1.807, 2.05) is 45.0 Å². The number of amides is 3. The first-order valence-corrected chi connectivity index (χ1v) is 9.32. The summed E-state index contributed by atoms with van der Waals surface area (Å²) in [5.74, 6) is 1.08. The average Bonchev–Trinajstić information content (AvgIpc) is 3.35. The fourth-order valence-corrected chi connectivity index (χ4v) is 3.19. The van der Waals surface area contributed by atoms with Crippen molar-refractivity contribution in [1.29, 1.82) is 0 Å². The molecule has 2 aromatic rings. The molecule has 6 nitrogen and oxygen atoms in total. The smallest absolute Gasteiger partial charge is 0.321 e. The summed E-state index contributed by atoms with van der Waals surface area (Å²) in [6.07, 6.45) is 2.24. The number of thioether (sulfide) groups is 1. The van der Waals surface area contributed by atoms with Crippen molar-refractivity contribution in [2.45, 2.75) is 50.1 Å². The molecular weight excluding hydrogens is 336 g/mol. The van der Waals surface area contributed by atoms with Crippen molar-refractivity contribution in [3.8, 4) is 0 Å². The van der Waals surface area contributed by atoms with Gasteiger partial charge in [-0.25, -0.2) is 14.8 Å². The fourth-order valence-electron chi connectivity index (χ4n) is 2.37. The highest BCUT2D eigenvalue weighted by Gasteiger charge is 2.27. The lowest BCUT2D eigenvalue weighted by molar-refractivity contribution is -0.117. The molecule has 0 bridgehead atoms. The van der Waals surface area contributed by atoms with Crippen LogP contribution in [-0.2, 0) is 4.79 Å². The summed E-state index contributed by atoms with van der Waals surface area (Å²) in [4.78, 5) is 33.1. The molecule has 2 N–H and O–H groups in total. The van der Waals surface area contributed by atoms with Crippen LogP contribution in [0.2, 0.25) is 0 Å². The number of hydrogen-bond acceptors (Lipinski definition) is 5. The van der Waals surface area contributed by atoms with Gasteiger partial charge in [0.2, 0.25) is 5.91 Å². The molecule has 1 heterocycles. The number of fused-ring (bicyclic) bond motifs is 1. The Kier molecular flexibility index (Phi) is 4.94. The standard InChI is InChI=1S/C18H22N4O2S/c1-18(2,3)22-17(24)20-14(23)10-25-16-12-6-4-5-7-13(12)19-15(21-16)11-8-9-11/h4-7,11H,8-10H2,1-3H3,(H2,20,22,23,24). The van der Waals surface area contributed by atoms with Gasteiger partial charge in [0.15, 0.2) is 0 Å². The van der Waals surface area contributed by atoms with Crippen molar-refractivity contribution >= 4 is 34.6 Å². The van der Waals surface area contributed by atoms with Gasteiger partial charge in [-0.05, 0) is 39.7 Å². The normalized spacial score (nSPS) is 14.4. The molecule has 0 atom stereocenters. The highest BCUT2D eigenvalue weighted by molar-refractivity contribution is 8.00. The second-order valence-corrected chi connectivity index (χ2v) is 8.18. The Morgan fingerprint density at radius 1 is 1.20 bits per heavy atom. The summed E-state index contributed by atoms with van der Waals surface area (Å²) in [6.45, 7) is 5.58. The highest BCUT2D eigenvalue weighted by atomic mass is 32.2. The number of nitrogens with one attached hydrogen (secondary N) is 2. The zero-order chi connectivity index (χ0) is 18.0. The predicted molar refractivity (Wildman–Crippen MR) is 98.7 cm³/mol.